The van der Waals surface area contributed by atoms with Crippen molar-refractivity contribution in [3.8, 4) is 39.1 Å². The Hall–Kier alpha value is -8.72. The lowest BCUT2D eigenvalue weighted by Gasteiger charge is -2.39. The van der Waals surface area contributed by atoms with Crippen LogP contribution < -0.4 is 4.90 Å². The molecule has 1 atom stereocenters. The van der Waals surface area contributed by atoms with E-state index in [1.165, 1.54) is 116 Å². The molecule has 12 aromatic rings. The van der Waals surface area contributed by atoms with Gasteiger partial charge in [0.2, 0.25) is 0 Å². The summed E-state index contributed by atoms with van der Waals surface area (Å²) in [6.45, 7) is 0. The van der Waals surface area contributed by atoms with Crippen LogP contribution in [0.5, 0.6) is 0 Å². The fraction of sp³-hybridized carbons (Fsp3) is 0.0303. The molecule has 1 aliphatic heterocycles. The summed E-state index contributed by atoms with van der Waals surface area (Å²) in [4.78, 5) is 2.54. The molecule has 0 amide bonds. The van der Waals surface area contributed by atoms with Crippen molar-refractivity contribution in [2.45, 2.75) is 10.8 Å². The van der Waals surface area contributed by atoms with E-state index in [1.807, 2.05) is 0 Å². The zero-order valence-electron chi connectivity index (χ0n) is 37.0. The summed E-state index contributed by atoms with van der Waals surface area (Å²) in [5, 5.41) is 5.00. The molecule has 0 radical (unpaired) electrons. The number of hydrogen-bond acceptors (Lipinski definition) is 1. The maximum Gasteiger partial charge on any atom is 0.0754 e. The zero-order valence-corrected chi connectivity index (χ0v) is 37.0. The molecular formula is C66H40N2. The fourth-order valence-corrected chi connectivity index (χ4v) is 13.7. The van der Waals surface area contributed by atoms with E-state index >= 15 is 0 Å². The molecule has 4 aliphatic rings. The van der Waals surface area contributed by atoms with E-state index in [0.717, 1.165) is 17.1 Å². The molecule has 2 heteroatoms. The van der Waals surface area contributed by atoms with E-state index in [1.54, 1.807) is 0 Å². The first-order valence-corrected chi connectivity index (χ1v) is 23.8. The van der Waals surface area contributed by atoms with Crippen LogP contribution in [0, 0.1) is 0 Å². The number of nitrogens with zero attached hydrogens (tertiary/aromatic N) is 2. The van der Waals surface area contributed by atoms with Gasteiger partial charge in [-0.05, 0) is 126 Å². The first kappa shape index (κ1) is 36.5. The van der Waals surface area contributed by atoms with Gasteiger partial charge in [-0.25, -0.2) is 0 Å². The van der Waals surface area contributed by atoms with Crippen molar-refractivity contribution in [1.29, 1.82) is 0 Å². The number of aromatic nitrogens is 1. The number of anilines is 3. The minimum atomic E-state index is -0.524. The van der Waals surface area contributed by atoms with E-state index in [9.17, 15) is 0 Å². The number of hydrogen-bond donors (Lipinski definition) is 0. The van der Waals surface area contributed by atoms with Crippen molar-refractivity contribution in [1.82, 2.24) is 4.57 Å². The first-order valence-electron chi connectivity index (χ1n) is 23.8. The van der Waals surface area contributed by atoms with Crippen LogP contribution in [0.4, 0.5) is 17.1 Å². The molecule has 1 unspecified atom stereocenters. The Balaban J connectivity index is 0.980. The van der Waals surface area contributed by atoms with E-state index in [2.05, 4.69) is 252 Å². The molecule has 2 nitrogen and oxygen atoms in total. The normalized spacial score (nSPS) is 15.8. The highest BCUT2D eigenvalue weighted by atomic mass is 15.1. The van der Waals surface area contributed by atoms with Gasteiger partial charge >= 0.3 is 0 Å². The van der Waals surface area contributed by atoms with Gasteiger partial charge in [0, 0.05) is 27.5 Å². The van der Waals surface area contributed by atoms with Crippen LogP contribution >= 0.6 is 0 Å². The van der Waals surface area contributed by atoms with Crippen molar-refractivity contribution in [2.75, 3.05) is 4.90 Å². The summed E-state index contributed by atoms with van der Waals surface area (Å²) in [5.74, 6) is 0. The molecule has 3 aliphatic carbocycles. The molecule has 0 fully saturated rings. The lowest BCUT2D eigenvalue weighted by atomic mass is 9.65. The molecule has 0 N–H and O–H groups in total. The summed E-state index contributed by atoms with van der Waals surface area (Å²) in [5.41, 5.74) is 24.6. The molecule has 2 heterocycles. The van der Waals surface area contributed by atoms with E-state index in [-0.39, 0.29) is 0 Å². The van der Waals surface area contributed by atoms with Crippen LogP contribution in [0.2, 0.25) is 0 Å². The van der Waals surface area contributed by atoms with Crippen LogP contribution in [0.15, 0.2) is 243 Å². The van der Waals surface area contributed by atoms with Crippen LogP contribution in [-0.2, 0) is 10.8 Å². The lowest BCUT2D eigenvalue weighted by Crippen LogP contribution is -2.33. The summed E-state index contributed by atoms with van der Waals surface area (Å²) in [6, 6.07) is 91.8. The second-order valence-corrected chi connectivity index (χ2v) is 19.0. The SMILES string of the molecule is c1ccc2c(c1)-c1ccccc1C21c2ccccc2-c2ccc(N(c3ccc4c(c3)-c3ccccc3C43c4ccccc4-n4c5ccccc5c5cccc3c54)c3cccc4ccccc34)cc21. The summed E-state index contributed by atoms with van der Waals surface area (Å²) in [7, 11) is 0. The summed E-state index contributed by atoms with van der Waals surface area (Å²) in [6.07, 6.45) is 0. The quantitative estimate of drug-likeness (QED) is 0.172. The second-order valence-electron chi connectivity index (χ2n) is 19.0. The third-order valence-corrected chi connectivity index (χ3v) is 16.2. The fourth-order valence-electron chi connectivity index (χ4n) is 13.7. The Labute approximate surface area is 394 Å². The van der Waals surface area contributed by atoms with Gasteiger partial charge in [0.15, 0.2) is 0 Å². The minimum absolute atomic E-state index is 0.458. The Morgan fingerprint density at radius 3 is 1.49 bits per heavy atom. The third-order valence-electron chi connectivity index (χ3n) is 16.2. The largest absolute Gasteiger partial charge is 0.310 e. The molecule has 0 bridgehead atoms. The van der Waals surface area contributed by atoms with E-state index < -0.39 is 10.8 Å². The van der Waals surface area contributed by atoms with Gasteiger partial charge in [0.1, 0.15) is 0 Å². The maximum atomic E-state index is 2.54. The number of rotatable bonds is 3. The number of para-hydroxylation sites is 3. The topological polar surface area (TPSA) is 8.17 Å². The van der Waals surface area contributed by atoms with Crippen LogP contribution in [0.3, 0.4) is 0 Å². The van der Waals surface area contributed by atoms with Crippen LogP contribution in [0.25, 0.3) is 71.6 Å². The van der Waals surface area contributed by atoms with Gasteiger partial charge < -0.3 is 9.47 Å². The summed E-state index contributed by atoms with van der Waals surface area (Å²) < 4.78 is 2.53. The predicted molar refractivity (Wildman–Crippen MR) is 280 cm³/mol. The molecule has 11 aromatic carbocycles. The summed E-state index contributed by atoms with van der Waals surface area (Å²) >= 11 is 0. The predicted octanol–water partition coefficient (Wildman–Crippen LogP) is 16.4. The minimum Gasteiger partial charge on any atom is -0.310 e. The van der Waals surface area contributed by atoms with Crippen molar-refractivity contribution < 1.29 is 0 Å². The lowest BCUT2D eigenvalue weighted by molar-refractivity contribution is 0.748. The number of fused-ring (bicyclic) bond motifs is 23. The van der Waals surface area contributed by atoms with Crippen molar-refractivity contribution >= 4 is 49.6 Å². The van der Waals surface area contributed by atoms with Gasteiger partial charge in [-0.3, -0.25) is 0 Å². The first-order chi connectivity index (χ1) is 33.8. The molecule has 0 saturated carbocycles. The highest BCUT2D eigenvalue weighted by Crippen LogP contribution is 2.65. The Bertz CT molecular complexity index is 4120. The van der Waals surface area contributed by atoms with Gasteiger partial charge in [0.05, 0.1) is 33.2 Å². The smallest absolute Gasteiger partial charge is 0.0754 e. The monoisotopic (exact) mass is 860 g/mol. The average Bonchev–Trinajstić information content (AvgIpc) is 4.10. The molecule has 16 rings (SSSR count). The molecule has 68 heavy (non-hydrogen) atoms. The Morgan fingerprint density at radius 2 is 0.765 bits per heavy atom. The second kappa shape index (κ2) is 13.0. The molecule has 2 spiro atoms. The molecular weight excluding hydrogens is 821 g/mol. The van der Waals surface area contributed by atoms with E-state index in [4.69, 9.17) is 0 Å². The van der Waals surface area contributed by atoms with Gasteiger partial charge in [-0.15, -0.1) is 0 Å². The van der Waals surface area contributed by atoms with E-state index in [0.29, 0.717) is 0 Å². The molecule has 314 valence electrons. The molecule has 1 aromatic heterocycles. The Kier molecular flexibility index (Phi) is 6.98. The average molecular weight is 861 g/mol. The van der Waals surface area contributed by atoms with Gasteiger partial charge in [-0.2, -0.15) is 0 Å². The van der Waals surface area contributed by atoms with Crippen LogP contribution in [0.1, 0.15) is 44.5 Å². The standard InChI is InChI=1S/C66H40N2/c1-2-19-44-41(17-1)18-15-34-61(44)67(43-35-37-49-47-22-5-10-28-55(47)65(60(49)40-43)53-26-8-3-20-45(53)46-21-4-9-27-54(46)65)42-36-38-57-52(39-42)48-23-6-11-29-56(48)66(57)58-30-12-14-33-63(58)68-62-32-13-7-24-50(62)51-25-16-31-59(66)64(51)68/h1-40H. The van der Waals surface area contributed by atoms with Crippen LogP contribution in [-0.4, -0.2) is 4.57 Å². The molecule has 0 saturated heterocycles. The highest BCUT2D eigenvalue weighted by Gasteiger charge is 2.53. The number of benzene rings is 11. The van der Waals surface area contributed by atoms with Crippen molar-refractivity contribution in [2.24, 2.45) is 0 Å². The van der Waals surface area contributed by atoms with Gasteiger partial charge in [0.25, 0.3) is 0 Å². The highest BCUT2D eigenvalue weighted by molar-refractivity contribution is 6.13. The third kappa shape index (κ3) is 4.26. The van der Waals surface area contributed by atoms with Crippen molar-refractivity contribution in [3.63, 3.8) is 0 Å². The zero-order chi connectivity index (χ0) is 44.3. The maximum absolute atomic E-state index is 2.54. The van der Waals surface area contributed by atoms with Gasteiger partial charge in [-0.1, -0.05) is 200 Å². The Morgan fingerprint density at radius 1 is 0.294 bits per heavy atom. The van der Waals surface area contributed by atoms with Crippen molar-refractivity contribution in [3.05, 3.63) is 287 Å².